The SMILES string of the molecule is CSc1ccccc1NC(=O)CSc1ccc(CO)cc1. The van der Waals surface area contributed by atoms with Gasteiger partial charge in [-0.15, -0.1) is 23.5 Å². The minimum absolute atomic E-state index is 0.0206. The molecule has 2 N–H and O–H groups in total. The molecule has 0 fully saturated rings. The molecule has 2 aromatic rings. The van der Waals surface area contributed by atoms with E-state index in [1.54, 1.807) is 11.8 Å². The molecule has 0 aromatic heterocycles. The van der Waals surface area contributed by atoms with E-state index in [1.165, 1.54) is 11.8 Å². The summed E-state index contributed by atoms with van der Waals surface area (Å²) in [6, 6.07) is 15.3. The van der Waals surface area contributed by atoms with Gasteiger partial charge in [0.1, 0.15) is 0 Å². The third kappa shape index (κ3) is 4.81. The third-order valence-corrected chi connectivity index (χ3v) is 4.66. The zero-order valence-electron chi connectivity index (χ0n) is 11.7. The predicted molar refractivity (Wildman–Crippen MR) is 89.9 cm³/mol. The molecule has 2 aromatic carbocycles. The molecule has 0 atom stereocenters. The van der Waals surface area contributed by atoms with Crippen molar-refractivity contribution >= 4 is 35.1 Å². The number of carbonyl (C=O) groups excluding carboxylic acids is 1. The van der Waals surface area contributed by atoms with Crippen LogP contribution in [0.2, 0.25) is 0 Å². The molecule has 0 heterocycles. The number of carbonyl (C=O) groups is 1. The molecule has 0 aliphatic heterocycles. The van der Waals surface area contributed by atoms with E-state index in [9.17, 15) is 4.79 Å². The Morgan fingerprint density at radius 1 is 1.14 bits per heavy atom. The van der Waals surface area contributed by atoms with Gasteiger partial charge in [-0.25, -0.2) is 0 Å². The first-order valence-electron chi connectivity index (χ1n) is 6.48. The number of rotatable bonds is 6. The monoisotopic (exact) mass is 319 g/mol. The average Bonchev–Trinajstić information content (AvgIpc) is 2.54. The van der Waals surface area contributed by atoms with Gasteiger partial charge in [-0.1, -0.05) is 24.3 Å². The second-order valence-electron chi connectivity index (χ2n) is 4.34. The minimum atomic E-state index is -0.0206. The molecule has 2 rings (SSSR count). The van der Waals surface area contributed by atoms with E-state index in [1.807, 2.05) is 54.8 Å². The molecule has 3 nitrogen and oxygen atoms in total. The number of benzene rings is 2. The summed E-state index contributed by atoms with van der Waals surface area (Å²) in [5.41, 5.74) is 1.73. The van der Waals surface area contributed by atoms with Crippen molar-refractivity contribution in [1.29, 1.82) is 0 Å². The van der Waals surface area contributed by atoms with Gasteiger partial charge in [-0.2, -0.15) is 0 Å². The quantitative estimate of drug-likeness (QED) is 0.798. The summed E-state index contributed by atoms with van der Waals surface area (Å²) in [6.45, 7) is 0.0386. The molecule has 0 bridgehead atoms. The van der Waals surface area contributed by atoms with Crippen LogP contribution < -0.4 is 5.32 Å². The summed E-state index contributed by atoms with van der Waals surface area (Å²) in [7, 11) is 0. The van der Waals surface area contributed by atoms with Crippen molar-refractivity contribution in [1.82, 2.24) is 0 Å². The first-order chi connectivity index (χ1) is 10.2. The van der Waals surface area contributed by atoms with E-state index in [-0.39, 0.29) is 12.5 Å². The number of para-hydroxylation sites is 1. The molecule has 0 saturated heterocycles. The molecule has 0 spiro atoms. The molecule has 0 aliphatic rings. The van der Waals surface area contributed by atoms with Gasteiger partial charge in [0, 0.05) is 9.79 Å². The number of aliphatic hydroxyl groups excluding tert-OH is 1. The number of aliphatic hydroxyl groups is 1. The Morgan fingerprint density at radius 2 is 1.86 bits per heavy atom. The lowest BCUT2D eigenvalue weighted by atomic mass is 10.2. The molecular weight excluding hydrogens is 302 g/mol. The van der Waals surface area contributed by atoms with E-state index in [0.717, 1.165) is 21.0 Å². The highest BCUT2D eigenvalue weighted by Crippen LogP contribution is 2.25. The average molecular weight is 319 g/mol. The van der Waals surface area contributed by atoms with E-state index in [4.69, 9.17) is 5.11 Å². The topological polar surface area (TPSA) is 49.3 Å². The Kier molecular flexibility index (Phi) is 6.17. The fraction of sp³-hybridized carbons (Fsp3) is 0.188. The van der Waals surface area contributed by atoms with Crippen LogP contribution in [0, 0.1) is 0 Å². The van der Waals surface area contributed by atoms with Crippen LogP contribution >= 0.6 is 23.5 Å². The van der Waals surface area contributed by atoms with Crippen LogP contribution in [0.4, 0.5) is 5.69 Å². The summed E-state index contributed by atoms with van der Waals surface area (Å²) in [5.74, 6) is 0.342. The molecule has 1 amide bonds. The van der Waals surface area contributed by atoms with Crippen LogP contribution in [0.15, 0.2) is 58.3 Å². The Bertz CT molecular complexity index is 599. The summed E-state index contributed by atoms with van der Waals surface area (Å²) in [5, 5.41) is 11.9. The number of hydrogen-bond acceptors (Lipinski definition) is 4. The lowest BCUT2D eigenvalue weighted by Crippen LogP contribution is -2.14. The van der Waals surface area contributed by atoms with Gasteiger partial charge in [0.25, 0.3) is 0 Å². The largest absolute Gasteiger partial charge is 0.392 e. The highest BCUT2D eigenvalue weighted by atomic mass is 32.2. The molecule has 0 unspecified atom stereocenters. The van der Waals surface area contributed by atoms with Crippen molar-refractivity contribution in [2.24, 2.45) is 0 Å². The Morgan fingerprint density at radius 3 is 2.52 bits per heavy atom. The van der Waals surface area contributed by atoms with Crippen molar-refractivity contribution in [3.05, 3.63) is 54.1 Å². The lowest BCUT2D eigenvalue weighted by Gasteiger charge is -2.09. The van der Waals surface area contributed by atoms with Gasteiger partial charge >= 0.3 is 0 Å². The number of thioether (sulfide) groups is 2. The van der Waals surface area contributed by atoms with Crippen molar-refractivity contribution in [2.75, 3.05) is 17.3 Å². The van der Waals surface area contributed by atoms with Crippen LogP contribution in [0.1, 0.15) is 5.56 Å². The second kappa shape index (κ2) is 8.12. The molecule has 5 heteroatoms. The maximum absolute atomic E-state index is 12.0. The predicted octanol–water partition coefficient (Wildman–Crippen LogP) is 3.63. The Labute approximate surface area is 133 Å². The number of anilines is 1. The summed E-state index contributed by atoms with van der Waals surface area (Å²) in [6.07, 6.45) is 1.99. The van der Waals surface area contributed by atoms with Crippen LogP contribution in [0.3, 0.4) is 0 Å². The zero-order valence-corrected chi connectivity index (χ0v) is 13.3. The highest BCUT2D eigenvalue weighted by molar-refractivity contribution is 8.00. The second-order valence-corrected chi connectivity index (χ2v) is 6.24. The molecular formula is C16H17NO2S2. The van der Waals surface area contributed by atoms with E-state index in [2.05, 4.69) is 5.32 Å². The first kappa shape index (κ1) is 15.9. The van der Waals surface area contributed by atoms with Gasteiger partial charge in [0.15, 0.2) is 0 Å². The van der Waals surface area contributed by atoms with Crippen LogP contribution in [0.25, 0.3) is 0 Å². The molecule has 0 saturated carbocycles. The van der Waals surface area contributed by atoms with Crippen molar-refractivity contribution in [3.8, 4) is 0 Å². The third-order valence-electron chi connectivity index (χ3n) is 2.86. The van der Waals surface area contributed by atoms with E-state index >= 15 is 0 Å². The van der Waals surface area contributed by atoms with Crippen molar-refractivity contribution in [3.63, 3.8) is 0 Å². The number of hydrogen-bond donors (Lipinski definition) is 2. The van der Waals surface area contributed by atoms with Crippen LogP contribution in [0.5, 0.6) is 0 Å². The fourth-order valence-corrected chi connectivity index (χ4v) is 3.03. The summed E-state index contributed by atoms with van der Waals surface area (Å²) in [4.78, 5) is 14.1. The summed E-state index contributed by atoms with van der Waals surface area (Å²) < 4.78 is 0. The first-order valence-corrected chi connectivity index (χ1v) is 8.69. The molecule has 0 aliphatic carbocycles. The normalized spacial score (nSPS) is 10.4. The van der Waals surface area contributed by atoms with Crippen molar-refractivity contribution < 1.29 is 9.90 Å². The standard InChI is InChI=1S/C16H17NO2S2/c1-20-15-5-3-2-4-14(15)17-16(19)11-21-13-8-6-12(10-18)7-9-13/h2-9,18H,10-11H2,1H3,(H,17,19). The smallest absolute Gasteiger partial charge is 0.234 e. The fourth-order valence-electron chi connectivity index (χ4n) is 1.77. The molecule has 0 radical (unpaired) electrons. The summed E-state index contributed by atoms with van der Waals surface area (Å²) >= 11 is 3.09. The van der Waals surface area contributed by atoms with Crippen LogP contribution in [-0.2, 0) is 11.4 Å². The maximum Gasteiger partial charge on any atom is 0.234 e. The number of amides is 1. The van der Waals surface area contributed by atoms with E-state index in [0.29, 0.717) is 5.75 Å². The highest BCUT2D eigenvalue weighted by Gasteiger charge is 2.06. The van der Waals surface area contributed by atoms with Crippen molar-refractivity contribution in [2.45, 2.75) is 16.4 Å². The van der Waals surface area contributed by atoms with Gasteiger partial charge in [-0.3, -0.25) is 4.79 Å². The number of nitrogens with one attached hydrogen (secondary N) is 1. The van der Waals surface area contributed by atoms with Crippen LogP contribution in [-0.4, -0.2) is 23.0 Å². The van der Waals surface area contributed by atoms with Gasteiger partial charge in [-0.05, 0) is 36.1 Å². The Hall–Kier alpha value is -1.43. The van der Waals surface area contributed by atoms with Gasteiger partial charge < -0.3 is 10.4 Å². The van der Waals surface area contributed by atoms with E-state index < -0.39 is 0 Å². The van der Waals surface area contributed by atoms with Gasteiger partial charge in [0.05, 0.1) is 18.0 Å². The maximum atomic E-state index is 12.0. The van der Waals surface area contributed by atoms with Gasteiger partial charge in [0.2, 0.25) is 5.91 Å². The minimum Gasteiger partial charge on any atom is -0.392 e. The molecule has 110 valence electrons. The molecule has 21 heavy (non-hydrogen) atoms. The zero-order chi connectivity index (χ0) is 15.1. The lowest BCUT2D eigenvalue weighted by molar-refractivity contribution is -0.113. The Balaban J connectivity index is 1.89.